The molecule has 4 nitrogen and oxygen atoms in total. The second-order valence-corrected chi connectivity index (χ2v) is 16.4. The molecule has 0 heterocycles. The second kappa shape index (κ2) is 8.41. The van der Waals surface area contributed by atoms with Crippen molar-refractivity contribution in [3.05, 3.63) is 25.3 Å². The van der Waals surface area contributed by atoms with Gasteiger partial charge in [0, 0.05) is 0 Å². The van der Waals surface area contributed by atoms with Crippen LogP contribution in [0.5, 0.6) is 0 Å². The van der Waals surface area contributed by atoms with Gasteiger partial charge >= 0.3 is 7.82 Å². The lowest BCUT2D eigenvalue weighted by Gasteiger charge is -2.30. The summed E-state index contributed by atoms with van der Waals surface area (Å²) in [4.78, 5) is 0. The van der Waals surface area contributed by atoms with Crippen LogP contribution in [0.1, 0.15) is 12.8 Å². The Labute approximate surface area is 123 Å². The molecule has 0 bridgehead atoms. The van der Waals surface area contributed by atoms with Gasteiger partial charge in [-0.2, -0.15) is 0 Å². The first-order valence-corrected chi connectivity index (χ1v) is 14.3. The molecule has 0 fully saturated rings. The summed E-state index contributed by atoms with van der Waals surface area (Å²) < 4.78 is 39.5. The topological polar surface area (TPSA) is 44.8 Å². The third-order valence-electron chi connectivity index (χ3n) is 2.70. The zero-order valence-corrected chi connectivity index (χ0v) is 15.7. The fourth-order valence-electron chi connectivity index (χ4n) is 1.64. The van der Waals surface area contributed by atoms with E-state index in [0.717, 1.165) is 12.8 Å². The van der Waals surface area contributed by atoms with Crippen molar-refractivity contribution in [3.63, 3.8) is 0 Å². The minimum atomic E-state index is -4.14. The van der Waals surface area contributed by atoms with Crippen molar-refractivity contribution in [2.45, 2.75) is 51.1 Å². The Balaban J connectivity index is 4.79. The SMILES string of the molecule is C=CCC[Si](C)(C)OP(=O)(OF)O[Si](C)(C)CCC=C. The molecule has 8 heteroatoms. The van der Waals surface area contributed by atoms with Gasteiger partial charge in [0.15, 0.2) is 0 Å². The molecule has 0 aliphatic carbocycles. The zero-order chi connectivity index (χ0) is 15.9. The summed E-state index contributed by atoms with van der Waals surface area (Å²) in [6.45, 7) is 14.7. The van der Waals surface area contributed by atoms with Crippen LogP contribution in [0.15, 0.2) is 25.3 Å². The van der Waals surface area contributed by atoms with Crippen LogP contribution in [0.25, 0.3) is 0 Å². The van der Waals surface area contributed by atoms with Gasteiger partial charge in [-0.1, -0.05) is 16.9 Å². The maximum absolute atomic E-state index is 12.7. The van der Waals surface area contributed by atoms with Gasteiger partial charge in [-0.25, -0.2) is 4.57 Å². The molecule has 0 aliphatic rings. The predicted molar refractivity (Wildman–Crippen MR) is 86.2 cm³/mol. The van der Waals surface area contributed by atoms with Gasteiger partial charge in [-0.05, 0) is 55.6 Å². The van der Waals surface area contributed by atoms with Crippen molar-refractivity contribution in [1.82, 2.24) is 0 Å². The van der Waals surface area contributed by atoms with Crippen LogP contribution in [0.3, 0.4) is 0 Å². The van der Waals surface area contributed by atoms with Crippen molar-refractivity contribution in [2.24, 2.45) is 0 Å². The van der Waals surface area contributed by atoms with E-state index in [1.54, 1.807) is 12.2 Å². The predicted octanol–water partition coefficient (Wildman–Crippen LogP) is 5.59. The van der Waals surface area contributed by atoms with Gasteiger partial charge in [-0.15, -0.1) is 13.2 Å². The molecule has 0 saturated carbocycles. The number of hydrogen-bond acceptors (Lipinski definition) is 4. The third kappa shape index (κ3) is 8.29. The van der Waals surface area contributed by atoms with E-state index in [4.69, 9.17) is 8.43 Å². The molecular weight excluding hydrogens is 314 g/mol. The number of phosphoric acid groups is 1. The fraction of sp³-hybridized carbons (Fsp3) is 0.667. The van der Waals surface area contributed by atoms with Crippen molar-refractivity contribution in [1.29, 1.82) is 0 Å². The van der Waals surface area contributed by atoms with Gasteiger partial charge in [0.1, 0.15) is 0 Å². The van der Waals surface area contributed by atoms with Gasteiger partial charge in [0.2, 0.25) is 16.6 Å². The first kappa shape index (κ1) is 20.0. The molecule has 0 amide bonds. The molecule has 0 N–H and O–H groups in total. The lowest BCUT2D eigenvalue weighted by atomic mass is 10.5. The summed E-state index contributed by atoms with van der Waals surface area (Å²) in [7, 11) is -8.80. The molecule has 0 aromatic carbocycles. The third-order valence-corrected chi connectivity index (χ3v) is 11.6. The summed E-state index contributed by atoms with van der Waals surface area (Å²) in [5.74, 6) is 0. The lowest BCUT2D eigenvalue weighted by Crippen LogP contribution is -2.34. The highest BCUT2D eigenvalue weighted by Crippen LogP contribution is 2.55. The first-order valence-electron chi connectivity index (χ1n) is 6.63. The minimum Gasteiger partial charge on any atom is -0.329 e. The Bertz CT molecular complexity index is 344. The normalized spacial score (nSPS) is 13.2. The average molecular weight is 340 g/mol. The number of allylic oxidation sites excluding steroid dienone is 2. The van der Waals surface area contributed by atoms with E-state index in [1.165, 1.54) is 0 Å². The van der Waals surface area contributed by atoms with E-state index in [0.29, 0.717) is 12.1 Å². The van der Waals surface area contributed by atoms with Gasteiger partial charge in [-0.3, -0.25) is 0 Å². The highest BCUT2D eigenvalue weighted by Gasteiger charge is 2.42. The monoisotopic (exact) mass is 340 g/mol. The Morgan fingerprint density at radius 2 is 1.35 bits per heavy atom. The van der Waals surface area contributed by atoms with E-state index in [2.05, 4.69) is 17.9 Å². The van der Waals surface area contributed by atoms with Gasteiger partial charge < -0.3 is 8.43 Å². The average Bonchev–Trinajstić information content (AvgIpc) is 2.32. The Kier molecular flexibility index (Phi) is 8.39. The van der Waals surface area contributed by atoms with E-state index in [1.807, 2.05) is 26.2 Å². The van der Waals surface area contributed by atoms with Crippen LogP contribution < -0.4 is 0 Å². The van der Waals surface area contributed by atoms with Crippen molar-refractivity contribution >= 4 is 24.5 Å². The van der Waals surface area contributed by atoms with Gasteiger partial charge in [0.05, 0.1) is 0 Å². The molecule has 0 aromatic rings. The molecule has 0 aliphatic heterocycles. The summed E-state index contributed by atoms with van der Waals surface area (Å²) in [5, 5.41) is 0. The van der Waals surface area contributed by atoms with E-state index in [9.17, 15) is 9.09 Å². The molecule has 0 radical (unpaired) electrons. The largest absolute Gasteiger partial charge is 0.486 e. The molecule has 0 aromatic heterocycles. The summed E-state index contributed by atoms with van der Waals surface area (Å²) >= 11 is 0. The number of rotatable bonds is 11. The molecule has 0 atom stereocenters. The number of halogens is 1. The van der Waals surface area contributed by atoms with E-state index >= 15 is 0 Å². The summed E-state index contributed by atoms with van der Waals surface area (Å²) in [6, 6.07) is 1.36. The highest BCUT2D eigenvalue weighted by molar-refractivity contribution is 7.52. The Morgan fingerprint density at radius 3 is 1.60 bits per heavy atom. The van der Waals surface area contributed by atoms with Gasteiger partial charge in [0.25, 0.3) is 0 Å². The minimum absolute atomic E-state index is 0.682. The fourth-order valence-corrected chi connectivity index (χ4v) is 9.72. The summed E-state index contributed by atoms with van der Waals surface area (Å²) in [6.07, 6.45) is 4.96. The van der Waals surface area contributed by atoms with E-state index in [-0.39, 0.29) is 0 Å². The molecular formula is C12H26FO4PSi2. The Hall–Kier alpha value is -0.0462. The summed E-state index contributed by atoms with van der Waals surface area (Å²) in [5.41, 5.74) is 0. The zero-order valence-electron chi connectivity index (χ0n) is 12.9. The maximum atomic E-state index is 12.7. The van der Waals surface area contributed by atoms with Crippen LogP contribution in [0.2, 0.25) is 38.3 Å². The molecule has 20 heavy (non-hydrogen) atoms. The van der Waals surface area contributed by atoms with Crippen LogP contribution in [0, 0.1) is 0 Å². The first-order chi connectivity index (χ1) is 9.10. The number of hydrogen-bond donors (Lipinski definition) is 0. The second-order valence-electron chi connectivity index (χ2n) is 5.87. The molecule has 0 spiro atoms. The van der Waals surface area contributed by atoms with Crippen molar-refractivity contribution in [3.8, 4) is 0 Å². The maximum Gasteiger partial charge on any atom is 0.486 e. The van der Waals surface area contributed by atoms with Crippen LogP contribution >= 0.6 is 7.82 Å². The van der Waals surface area contributed by atoms with Crippen LogP contribution in [-0.4, -0.2) is 16.6 Å². The molecule has 118 valence electrons. The molecule has 0 unspecified atom stereocenters. The quantitative estimate of drug-likeness (QED) is 0.279. The lowest BCUT2D eigenvalue weighted by molar-refractivity contribution is -0.0354. The standard InChI is InChI=1S/C12H26FO4PSi2/c1-7-9-11-19(3,4)16-18(14,15-13)17-20(5,6)12-10-8-2/h7-8H,1-2,9-12H2,3-6H3. The van der Waals surface area contributed by atoms with Crippen molar-refractivity contribution in [2.75, 3.05) is 0 Å². The Morgan fingerprint density at radius 1 is 1.00 bits per heavy atom. The smallest absolute Gasteiger partial charge is 0.329 e. The molecule has 0 rings (SSSR count). The van der Waals surface area contributed by atoms with Crippen molar-refractivity contribution < 1.29 is 22.2 Å². The van der Waals surface area contributed by atoms with E-state index < -0.39 is 24.5 Å². The molecule has 0 saturated heterocycles. The van der Waals surface area contributed by atoms with Crippen LogP contribution in [-0.2, 0) is 17.7 Å². The highest BCUT2D eigenvalue weighted by atomic mass is 31.2. The van der Waals surface area contributed by atoms with Crippen LogP contribution in [0.4, 0.5) is 4.53 Å².